The summed E-state index contributed by atoms with van der Waals surface area (Å²) in [6, 6.07) is 4.92. The Labute approximate surface area is 157 Å². The molecule has 0 aliphatic carbocycles. The standard InChI is InChI=1S/C18H16F2N2O6/c1-28-16-5-4-13(22(26)27)6-11(16)7-15(18(24)25)21-17(23)8-10-2-3-12(19)9-14(10)20/h2-6,9,15H,7-8H2,1H3,(H,21,23)(H,24,25)/t15-/m1/s1. The van der Waals surface area contributed by atoms with Gasteiger partial charge in [-0.3, -0.25) is 14.9 Å². The summed E-state index contributed by atoms with van der Waals surface area (Å²) in [7, 11) is 1.32. The van der Waals surface area contributed by atoms with E-state index in [-0.39, 0.29) is 29.0 Å². The summed E-state index contributed by atoms with van der Waals surface area (Å²) in [6.07, 6.45) is -0.792. The molecule has 2 aromatic rings. The van der Waals surface area contributed by atoms with Crippen LogP contribution in [-0.2, 0) is 22.4 Å². The Morgan fingerprint density at radius 2 is 1.93 bits per heavy atom. The molecule has 0 bridgehead atoms. The first-order valence-electron chi connectivity index (χ1n) is 7.98. The van der Waals surface area contributed by atoms with E-state index in [9.17, 15) is 33.6 Å². The molecule has 0 radical (unpaired) electrons. The summed E-state index contributed by atoms with van der Waals surface area (Å²) < 4.78 is 31.7. The minimum atomic E-state index is -1.44. The van der Waals surface area contributed by atoms with Crippen LogP contribution in [0.4, 0.5) is 14.5 Å². The third-order valence-electron chi connectivity index (χ3n) is 3.90. The number of hydrogen-bond donors (Lipinski definition) is 2. The largest absolute Gasteiger partial charge is 0.496 e. The van der Waals surface area contributed by atoms with Crippen LogP contribution in [0.3, 0.4) is 0 Å². The third-order valence-corrected chi connectivity index (χ3v) is 3.90. The van der Waals surface area contributed by atoms with Crippen LogP contribution in [-0.4, -0.2) is 35.1 Å². The quantitative estimate of drug-likeness (QED) is 0.524. The van der Waals surface area contributed by atoms with Crippen molar-refractivity contribution < 1.29 is 33.1 Å². The number of nitrogens with one attached hydrogen (secondary N) is 1. The molecule has 2 rings (SSSR count). The molecule has 0 aromatic heterocycles. The molecule has 2 N–H and O–H groups in total. The number of carboxylic acid groups (broad SMARTS) is 1. The number of methoxy groups -OCH3 is 1. The van der Waals surface area contributed by atoms with Crippen molar-refractivity contribution in [3.8, 4) is 5.75 Å². The van der Waals surface area contributed by atoms with Crippen molar-refractivity contribution >= 4 is 17.6 Å². The molecule has 0 spiro atoms. The fraction of sp³-hybridized carbons (Fsp3) is 0.222. The van der Waals surface area contributed by atoms with Gasteiger partial charge in [0, 0.05) is 30.2 Å². The molecule has 1 atom stereocenters. The van der Waals surface area contributed by atoms with Gasteiger partial charge in [0.2, 0.25) is 5.91 Å². The number of carbonyl (C=O) groups is 2. The van der Waals surface area contributed by atoms with Gasteiger partial charge in [-0.2, -0.15) is 0 Å². The van der Waals surface area contributed by atoms with Gasteiger partial charge in [-0.05, 0) is 17.7 Å². The Hall–Kier alpha value is -3.56. The zero-order valence-electron chi connectivity index (χ0n) is 14.6. The molecular weight excluding hydrogens is 378 g/mol. The van der Waals surface area contributed by atoms with E-state index in [1.54, 1.807) is 0 Å². The van der Waals surface area contributed by atoms with E-state index in [1.807, 2.05) is 0 Å². The fourth-order valence-corrected chi connectivity index (χ4v) is 2.54. The molecular formula is C18H16F2N2O6. The molecule has 8 nitrogen and oxygen atoms in total. The number of benzene rings is 2. The monoisotopic (exact) mass is 394 g/mol. The fourth-order valence-electron chi connectivity index (χ4n) is 2.54. The molecule has 0 aliphatic heterocycles. The number of halogens is 2. The lowest BCUT2D eigenvalue weighted by Crippen LogP contribution is -2.43. The van der Waals surface area contributed by atoms with Crippen molar-refractivity contribution in [2.45, 2.75) is 18.9 Å². The SMILES string of the molecule is COc1ccc([N+](=O)[O-])cc1C[C@@H](NC(=O)Cc1ccc(F)cc1F)C(=O)O. The van der Waals surface area contributed by atoms with E-state index >= 15 is 0 Å². The molecule has 0 fully saturated rings. The highest BCUT2D eigenvalue weighted by Gasteiger charge is 2.24. The first-order chi connectivity index (χ1) is 13.2. The van der Waals surface area contributed by atoms with E-state index in [0.29, 0.717) is 6.07 Å². The summed E-state index contributed by atoms with van der Waals surface area (Å²) in [6.45, 7) is 0. The average molecular weight is 394 g/mol. The second-order valence-corrected chi connectivity index (χ2v) is 5.83. The van der Waals surface area contributed by atoms with Gasteiger partial charge in [0.1, 0.15) is 23.4 Å². The van der Waals surface area contributed by atoms with E-state index in [2.05, 4.69) is 5.32 Å². The maximum Gasteiger partial charge on any atom is 0.326 e. The highest BCUT2D eigenvalue weighted by atomic mass is 19.1. The predicted molar refractivity (Wildman–Crippen MR) is 93.0 cm³/mol. The summed E-state index contributed by atoms with van der Waals surface area (Å²) >= 11 is 0. The van der Waals surface area contributed by atoms with E-state index in [0.717, 1.165) is 18.2 Å². The molecule has 28 heavy (non-hydrogen) atoms. The number of rotatable bonds is 8. The zero-order chi connectivity index (χ0) is 20.8. The Balaban J connectivity index is 2.17. The first-order valence-corrected chi connectivity index (χ1v) is 7.98. The topological polar surface area (TPSA) is 119 Å². The summed E-state index contributed by atoms with van der Waals surface area (Å²) in [5.41, 5.74) is -0.159. The van der Waals surface area contributed by atoms with E-state index in [1.165, 1.54) is 19.2 Å². The number of carboxylic acids is 1. The van der Waals surface area contributed by atoms with Crippen LogP contribution in [0.2, 0.25) is 0 Å². The molecule has 2 aromatic carbocycles. The Kier molecular flexibility index (Phi) is 6.59. The van der Waals surface area contributed by atoms with Gasteiger partial charge in [-0.25, -0.2) is 13.6 Å². The molecule has 0 saturated carbocycles. The number of hydrogen-bond acceptors (Lipinski definition) is 5. The highest BCUT2D eigenvalue weighted by Crippen LogP contribution is 2.25. The van der Waals surface area contributed by atoms with Gasteiger partial charge >= 0.3 is 5.97 Å². The number of aliphatic carboxylic acids is 1. The first kappa shape index (κ1) is 20.7. The molecule has 0 aliphatic rings. The van der Waals surface area contributed by atoms with Crippen LogP contribution in [0.15, 0.2) is 36.4 Å². The highest BCUT2D eigenvalue weighted by molar-refractivity contribution is 5.85. The molecule has 10 heteroatoms. The van der Waals surface area contributed by atoms with E-state index < -0.39 is 40.9 Å². The predicted octanol–water partition coefficient (Wildman–Crippen LogP) is 2.24. The molecule has 0 heterocycles. The second-order valence-electron chi connectivity index (χ2n) is 5.83. The summed E-state index contributed by atoms with van der Waals surface area (Å²) in [4.78, 5) is 33.9. The van der Waals surface area contributed by atoms with Gasteiger partial charge < -0.3 is 15.2 Å². The van der Waals surface area contributed by atoms with Gasteiger partial charge in [0.15, 0.2) is 0 Å². The van der Waals surface area contributed by atoms with Crippen LogP contribution in [0.25, 0.3) is 0 Å². The van der Waals surface area contributed by atoms with Crippen LogP contribution in [0.1, 0.15) is 11.1 Å². The van der Waals surface area contributed by atoms with Crippen molar-refractivity contribution in [2.24, 2.45) is 0 Å². The van der Waals surface area contributed by atoms with Gasteiger partial charge in [-0.1, -0.05) is 6.07 Å². The number of nitro groups is 1. The normalized spacial score (nSPS) is 11.5. The second kappa shape index (κ2) is 8.89. The van der Waals surface area contributed by atoms with Crippen molar-refractivity contribution in [3.05, 3.63) is 69.3 Å². The van der Waals surface area contributed by atoms with Gasteiger partial charge in [0.05, 0.1) is 18.5 Å². The van der Waals surface area contributed by atoms with Crippen molar-refractivity contribution in [2.75, 3.05) is 7.11 Å². The van der Waals surface area contributed by atoms with Crippen LogP contribution in [0.5, 0.6) is 5.75 Å². The molecule has 0 saturated heterocycles. The summed E-state index contributed by atoms with van der Waals surface area (Å²) in [5, 5.41) is 22.5. The Morgan fingerprint density at radius 1 is 1.21 bits per heavy atom. The minimum absolute atomic E-state index is 0.101. The van der Waals surface area contributed by atoms with E-state index in [4.69, 9.17) is 4.74 Å². The van der Waals surface area contributed by atoms with Crippen LogP contribution >= 0.6 is 0 Å². The smallest absolute Gasteiger partial charge is 0.326 e. The summed E-state index contributed by atoms with van der Waals surface area (Å²) in [5.74, 6) is -3.70. The Bertz CT molecular complexity index is 919. The number of nitro benzene ring substituents is 1. The number of amides is 1. The zero-order valence-corrected chi connectivity index (χ0v) is 14.6. The lowest BCUT2D eigenvalue weighted by molar-refractivity contribution is -0.384. The number of ether oxygens (including phenoxy) is 1. The average Bonchev–Trinajstić information content (AvgIpc) is 2.63. The lowest BCUT2D eigenvalue weighted by Gasteiger charge is -2.16. The molecule has 0 unspecified atom stereocenters. The van der Waals surface area contributed by atoms with Crippen LogP contribution < -0.4 is 10.1 Å². The minimum Gasteiger partial charge on any atom is -0.496 e. The molecule has 1 amide bonds. The Morgan fingerprint density at radius 3 is 2.50 bits per heavy atom. The van der Waals surface area contributed by atoms with Gasteiger partial charge in [-0.15, -0.1) is 0 Å². The van der Waals surface area contributed by atoms with Crippen molar-refractivity contribution in [3.63, 3.8) is 0 Å². The van der Waals surface area contributed by atoms with Gasteiger partial charge in [0.25, 0.3) is 5.69 Å². The number of nitrogens with zero attached hydrogens (tertiary/aromatic N) is 1. The maximum atomic E-state index is 13.7. The molecule has 148 valence electrons. The number of non-ortho nitro benzene ring substituents is 1. The van der Waals surface area contributed by atoms with Crippen molar-refractivity contribution in [1.29, 1.82) is 0 Å². The third kappa shape index (κ3) is 5.22. The maximum absolute atomic E-state index is 13.7. The lowest BCUT2D eigenvalue weighted by atomic mass is 10.0. The number of carbonyl (C=O) groups excluding carboxylic acids is 1. The van der Waals surface area contributed by atoms with Crippen LogP contribution in [0, 0.1) is 21.7 Å². The van der Waals surface area contributed by atoms with Crippen molar-refractivity contribution in [1.82, 2.24) is 5.32 Å².